The van der Waals surface area contributed by atoms with Crippen LogP contribution in [0, 0.1) is 0 Å². The molecule has 0 saturated carbocycles. The molecule has 180 valence electrons. The second-order valence-corrected chi connectivity index (χ2v) is 8.89. The Hall–Kier alpha value is -0.610. The van der Waals surface area contributed by atoms with Crippen LogP contribution in [0.15, 0.2) is 0 Å². The van der Waals surface area contributed by atoms with Gasteiger partial charge in [0, 0.05) is 19.6 Å². The smallest absolute Gasteiger partial charge is 0.220 e. The molecule has 0 heterocycles. The lowest BCUT2D eigenvalue weighted by molar-refractivity contribution is -0.122. The number of carbonyl (C=O) groups is 1. The molecule has 0 rings (SSSR count). The van der Waals surface area contributed by atoms with Crippen LogP contribution in [0.3, 0.4) is 0 Å². The SMILES string of the molecule is CCCCCCCCCCCCCCCCCC(=O)NCC(CO)OCCCCC. The highest BCUT2D eigenvalue weighted by atomic mass is 16.5. The molecule has 1 unspecified atom stereocenters. The summed E-state index contributed by atoms with van der Waals surface area (Å²) in [6, 6.07) is 0. The van der Waals surface area contributed by atoms with Crippen LogP contribution < -0.4 is 5.32 Å². The van der Waals surface area contributed by atoms with E-state index in [1.165, 1.54) is 83.5 Å². The first-order chi connectivity index (χ1) is 14.7. The Kier molecular flexibility index (Phi) is 24.2. The van der Waals surface area contributed by atoms with Gasteiger partial charge in [-0.2, -0.15) is 0 Å². The van der Waals surface area contributed by atoms with E-state index >= 15 is 0 Å². The molecule has 0 aliphatic heterocycles. The maximum absolute atomic E-state index is 11.9. The maximum atomic E-state index is 11.9. The van der Waals surface area contributed by atoms with Crippen molar-refractivity contribution in [2.75, 3.05) is 19.8 Å². The average molecular weight is 428 g/mol. The number of rotatable bonds is 24. The number of hydrogen-bond donors (Lipinski definition) is 2. The molecule has 0 radical (unpaired) electrons. The third-order valence-corrected chi connectivity index (χ3v) is 5.84. The van der Waals surface area contributed by atoms with Crippen LogP contribution in [0.5, 0.6) is 0 Å². The van der Waals surface area contributed by atoms with Crippen LogP contribution in [0.1, 0.15) is 136 Å². The first kappa shape index (κ1) is 29.4. The van der Waals surface area contributed by atoms with Crippen LogP contribution >= 0.6 is 0 Å². The van der Waals surface area contributed by atoms with Gasteiger partial charge in [0.25, 0.3) is 0 Å². The summed E-state index contributed by atoms with van der Waals surface area (Å²) in [5, 5.41) is 12.2. The van der Waals surface area contributed by atoms with Crippen LogP contribution in [-0.4, -0.2) is 36.9 Å². The lowest BCUT2D eigenvalue weighted by Crippen LogP contribution is -2.35. The van der Waals surface area contributed by atoms with Gasteiger partial charge >= 0.3 is 0 Å². The van der Waals surface area contributed by atoms with E-state index in [2.05, 4.69) is 19.2 Å². The first-order valence-electron chi connectivity index (χ1n) is 13.2. The topological polar surface area (TPSA) is 58.6 Å². The van der Waals surface area contributed by atoms with Crippen molar-refractivity contribution in [1.29, 1.82) is 0 Å². The molecular weight excluding hydrogens is 374 g/mol. The van der Waals surface area contributed by atoms with Gasteiger partial charge in [0.05, 0.1) is 12.7 Å². The summed E-state index contributed by atoms with van der Waals surface area (Å²) in [6.07, 6.45) is 23.7. The number of nitrogens with one attached hydrogen (secondary N) is 1. The minimum Gasteiger partial charge on any atom is -0.394 e. The number of aliphatic hydroxyl groups is 1. The maximum Gasteiger partial charge on any atom is 0.220 e. The van der Waals surface area contributed by atoms with Crippen molar-refractivity contribution in [2.45, 2.75) is 142 Å². The zero-order chi connectivity index (χ0) is 22.1. The summed E-state index contributed by atoms with van der Waals surface area (Å²) >= 11 is 0. The summed E-state index contributed by atoms with van der Waals surface area (Å²) in [6.45, 7) is 5.47. The molecule has 0 aliphatic carbocycles. The predicted octanol–water partition coefficient (Wildman–Crippen LogP) is 6.93. The number of hydrogen-bond acceptors (Lipinski definition) is 3. The van der Waals surface area contributed by atoms with Gasteiger partial charge in [-0.15, -0.1) is 0 Å². The molecule has 0 saturated heterocycles. The van der Waals surface area contributed by atoms with Gasteiger partial charge in [-0.1, -0.05) is 117 Å². The van der Waals surface area contributed by atoms with Gasteiger partial charge in [0.15, 0.2) is 0 Å². The van der Waals surface area contributed by atoms with Crippen LogP contribution in [-0.2, 0) is 9.53 Å². The fraction of sp³-hybridized carbons (Fsp3) is 0.962. The highest BCUT2D eigenvalue weighted by Crippen LogP contribution is 2.13. The molecule has 0 spiro atoms. The second kappa shape index (κ2) is 24.7. The molecule has 0 aromatic carbocycles. The van der Waals surface area contributed by atoms with Gasteiger partial charge in [0.2, 0.25) is 5.91 Å². The van der Waals surface area contributed by atoms with E-state index in [9.17, 15) is 9.90 Å². The van der Waals surface area contributed by atoms with E-state index in [0.29, 0.717) is 19.6 Å². The average Bonchev–Trinajstić information content (AvgIpc) is 2.76. The Labute approximate surface area is 187 Å². The zero-order valence-electron chi connectivity index (χ0n) is 20.4. The van der Waals surface area contributed by atoms with E-state index < -0.39 is 0 Å². The Morgan fingerprint density at radius 2 is 1.13 bits per heavy atom. The number of amides is 1. The molecule has 4 nitrogen and oxygen atoms in total. The van der Waals surface area contributed by atoms with Crippen LogP contribution in [0.25, 0.3) is 0 Å². The summed E-state index contributed by atoms with van der Waals surface area (Å²) in [5.41, 5.74) is 0. The zero-order valence-corrected chi connectivity index (χ0v) is 20.4. The third-order valence-electron chi connectivity index (χ3n) is 5.84. The van der Waals surface area contributed by atoms with Crippen molar-refractivity contribution in [2.24, 2.45) is 0 Å². The standard InChI is InChI=1S/C26H53NO3/c1-3-5-7-8-9-10-11-12-13-14-15-16-17-18-19-21-26(29)27-23-25(24-28)30-22-20-6-4-2/h25,28H,3-24H2,1-2H3,(H,27,29). The van der Waals surface area contributed by atoms with Gasteiger partial charge in [-0.25, -0.2) is 0 Å². The number of ether oxygens (including phenoxy) is 1. The molecular formula is C26H53NO3. The Morgan fingerprint density at radius 3 is 1.60 bits per heavy atom. The summed E-state index contributed by atoms with van der Waals surface area (Å²) < 4.78 is 5.61. The second-order valence-electron chi connectivity index (χ2n) is 8.89. The number of carbonyl (C=O) groups excluding carboxylic acids is 1. The van der Waals surface area contributed by atoms with E-state index in [1.807, 2.05) is 0 Å². The fourth-order valence-corrected chi connectivity index (χ4v) is 3.75. The van der Waals surface area contributed by atoms with Gasteiger partial charge in [-0.05, 0) is 12.8 Å². The third kappa shape index (κ3) is 22.1. The lowest BCUT2D eigenvalue weighted by atomic mass is 10.0. The molecule has 0 bridgehead atoms. The van der Waals surface area contributed by atoms with Gasteiger partial charge in [-0.3, -0.25) is 4.79 Å². The van der Waals surface area contributed by atoms with Crippen LogP contribution in [0.2, 0.25) is 0 Å². The monoisotopic (exact) mass is 427 g/mol. The summed E-state index contributed by atoms with van der Waals surface area (Å²) in [7, 11) is 0. The molecule has 0 aromatic heterocycles. The van der Waals surface area contributed by atoms with Crippen molar-refractivity contribution in [3.8, 4) is 0 Å². The van der Waals surface area contributed by atoms with Crippen molar-refractivity contribution in [3.05, 3.63) is 0 Å². The lowest BCUT2D eigenvalue weighted by Gasteiger charge is -2.16. The molecule has 2 N–H and O–H groups in total. The normalized spacial score (nSPS) is 12.2. The van der Waals surface area contributed by atoms with Crippen LogP contribution in [0.4, 0.5) is 0 Å². The van der Waals surface area contributed by atoms with E-state index in [-0.39, 0.29) is 18.6 Å². The Morgan fingerprint density at radius 1 is 0.700 bits per heavy atom. The summed E-state index contributed by atoms with van der Waals surface area (Å²) in [5.74, 6) is 0.0836. The first-order valence-corrected chi connectivity index (χ1v) is 13.2. The Balaban J connectivity index is 3.32. The minimum atomic E-state index is -0.271. The molecule has 0 aliphatic rings. The summed E-state index contributed by atoms with van der Waals surface area (Å²) in [4.78, 5) is 11.9. The highest BCUT2D eigenvalue weighted by molar-refractivity contribution is 5.75. The van der Waals surface area contributed by atoms with Gasteiger partial charge in [0.1, 0.15) is 0 Å². The molecule has 1 atom stereocenters. The van der Waals surface area contributed by atoms with Gasteiger partial charge < -0.3 is 15.2 Å². The van der Waals surface area contributed by atoms with E-state index in [0.717, 1.165) is 32.1 Å². The minimum absolute atomic E-state index is 0.0363. The fourth-order valence-electron chi connectivity index (χ4n) is 3.75. The quantitative estimate of drug-likeness (QED) is 0.164. The van der Waals surface area contributed by atoms with Crippen molar-refractivity contribution in [3.63, 3.8) is 0 Å². The molecule has 30 heavy (non-hydrogen) atoms. The molecule has 4 heteroatoms. The molecule has 0 aromatic rings. The molecule has 1 amide bonds. The predicted molar refractivity (Wildman–Crippen MR) is 129 cm³/mol. The number of unbranched alkanes of at least 4 members (excludes halogenated alkanes) is 16. The van der Waals surface area contributed by atoms with Crippen molar-refractivity contribution in [1.82, 2.24) is 5.32 Å². The largest absolute Gasteiger partial charge is 0.394 e. The van der Waals surface area contributed by atoms with Crippen molar-refractivity contribution >= 4 is 5.91 Å². The van der Waals surface area contributed by atoms with E-state index in [1.54, 1.807) is 0 Å². The molecule has 0 fully saturated rings. The highest BCUT2D eigenvalue weighted by Gasteiger charge is 2.09. The Bertz CT molecular complexity index is 349. The number of aliphatic hydroxyl groups excluding tert-OH is 1. The van der Waals surface area contributed by atoms with Crippen molar-refractivity contribution < 1.29 is 14.6 Å². The van der Waals surface area contributed by atoms with E-state index in [4.69, 9.17) is 4.74 Å².